The minimum atomic E-state index is -0.489. The summed E-state index contributed by atoms with van der Waals surface area (Å²) >= 11 is 0. The van der Waals surface area contributed by atoms with Gasteiger partial charge in [0.15, 0.2) is 5.78 Å². The molecule has 0 aliphatic carbocycles. The van der Waals surface area contributed by atoms with E-state index in [0.717, 1.165) is 21.9 Å². The van der Waals surface area contributed by atoms with Crippen LogP contribution in [0.4, 0.5) is 5.69 Å². The van der Waals surface area contributed by atoms with E-state index in [9.17, 15) is 14.9 Å². The van der Waals surface area contributed by atoms with Crippen molar-refractivity contribution < 1.29 is 14.5 Å². The van der Waals surface area contributed by atoms with E-state index in [1.54, 1.807) is 13.3 Å². The molecule has 5 rings (SSSR count). The number of para-hydroxylation sites is 1. The number of fused-ring (bicyclic) bond motifs is 3. The Morgan fingerprint density at radius 3 is 2.38 bits per heavy atom. The molecular formula is C25H17N3O4. The van der Waals surface area contributed by atoms with Gasteiger partial charge in [-0.2, -0.15) is 0 Å². The lowest BCUT2D eigenvalue weighted by atomic mass is 9.96. The number of ether oxygens (including phenoxy) is 1. The fourth-order valence-electron chi connectivity index (χ4n) is 3.87. The van der Waals surface area contributed by atoms with Crippen molar-refractivity contribution in [2.75, 3.05) is 7.11 Å². The van der Waals surface area contributed by atoms with Gasteiger partial charge in [-0.1, -0.05) is 18.2 Å². The summed E-state index contributed by atoms with van der Waals surface area (Å²) in [5.41, 5.74) is 3.55. The quantitative estimate of drug-likeness (QED) is 0.228. The highest BCUT2D eigenvalue weighted by molar-refractivity contribution is 6.22. The van der Waals surface area contributed by atoms with Crippen molar-refractivity contribution in [3.05, 3.63) is 100 Å². The van der Waals surface area contributed by atoms with Crippen LogP contribution < -0.4 is 4.74 Å². The number of H-pyrrole nitrogens is 1. The maximum atomic E-state index is 13.7. The van der Waals surface area contributed by atoms with Crippen LogP contribution in [0.3, 0.4) is 0 Å². The van der Waals surface area contributed by atoms with Crippen LogP contribution in [0.5, 0.6) is 5.75 Å². The highest BCUT2D eigenvalue weighted by atomic mass is 16.6. The van der Waals surface area contributed by atoms with Gasteiger partial charge in [-0.15, -0.1) is 0 Å². The number of carbonyl (C=O) groups is 1. The minimum Gasteiger partial charge on any atom is -0.497 e. The van der Waals surface area contributed by atoms with Crippen molar-refractivity contribution in [1.29, 1.82) is 0 Å². The Morgan fingerprint density at radius 1 is 0.969 bits per heavy atom. The Balaban J connectivity index is 1.76. The lowest BCUT2D eigenvalue weighted by molar-refractivity contribution is -0.384. The second kappa shape index (κ2) is 7.63. The van der Waals surface area contributed by atoms with Gasteiger partial charge in [0, 0.05) is 45.7 Å². The van der Waals surface area contributed by atoms with E-state index in [-0.39, 0.29) is 11.5 Å². The number of non-ortho nitro benzene ring substituents is 1. The lowest BCUT2D eigenvalue weighted by Crippen LogP contribution is -2.06. The summed E-state index contributed by atoms with van der Waals surface area (Å²) in [6.45, 7) is 0. The van der Waals surface area contributed by atoms with Crippen molar-refractivity contribution in [2.24, 2.45) is 0 Å². The van der Waals surface area contributed by atoms with Gasteiger partial charge in [-0.25, -0.2) is 0 Å². The topological polar surface area (TPSA) is 98.1 Å². The molecule has 0 spiro atoms. The highest BCUT2D eigenvalue weighted by Gasteiger charge is 2.22. The fraction of sp³-hybridized carbons (Fsp3) is 0.0400. The summed E-state index contributed by atoms with van der Waals surface area (Å²) in [6.07, 6.45) is 1.76. The predicted molar refractivity (Wildman–Crippen MR) is 122 cm³/mol. The number of nitro benzene ring substituents is 1. The lowest BCUT2D eigenvalue weighted by Gasteiger charge is -2.11. The summed E-state index contributed by atoms with van der Waals surface area (Å²) in [5, 5.41) is 12.8. The predicted octanol–water partition coefficient (Wildman–Crippen LogP) is 5.53. The van der Waals surface area contributed by atoms with Gasteiger partial charge in [-0.3, -0.25) is 19.9 Å². The third-order valence-corrected chi connectivity index (χ3v) is 5.49. The molecule has 0 radical (unpaired) electrons. The van der Waals surface area contributed by atoms with Crippen LogP contribution in [0.1, 0.15) is 15.9 Å². The zero-order chi connectivity index (χ0) is 22.2. The number of methoxy groups -OCH3 is 1. The monoisotopic (exact) mass is 423 g/mol. The summed E-state index contributed by atoms with van der Waals surface area (Å²) in [4.78, 5) is 32.2. The van der Waals surface area contributed by atoms with Gasteiger partial charge in [-0.05, 0) is 42.5 Å². The molecule has 2 aromatic heterocycles. The zero-order valence-electron chi connectivity index (χ0n) is 17.0. The van der Waals surface area contributed by atoms with Crippen LogP contribution in [0.15, 0.2) is 79.0 Å². The van der Waals surface area contributed by atoms with E-state index in [4.69, 9.17) is 4.74 Å². The first-order valence-electron chi connectivity index (χ1n) is 9.90. The second-order valence-electron chi connectivity index (χ2n) is 7.30. The van der Waals surface area contributed by atoms with E-state index in [1.807, 2.05) is 48.5 Å². The van der Waals surface area contributed by atoms with Crippen LogP contribution in [-0.2, 0) is 0 Å². The van der Waals surface area contributed by atoms with Gasteiger partial charge >= 0.3 is 0 Å². The largest absolute Gasteiger partial charge is 0.497 e. The number of rotatable bonds is 5. The smallest absolute Gasteiger partial charge is 0.269 e. The molecule has 0 fully saturated rings. The summed E-state index contributed by atoms with van der Waals surface area (Å²) < 4.78 is 5.24. The maximum Gasteiger partial charge on any atom is 0.269 e. The summed E-state index contributed by atoms with van der Waals surface area (Å²) in [5.74, 6) is 0.430. The molecule has 2 heterocycles. The second-order valence-corrected chi connectivity index (χ2v) is 7.30. The van der Waals surface area contributed by atoms with Crippen LogP contribution in [-0.4, -0.2) is 27.8 Å². The maximum absolute atomic E-state index is 13.7. The number of pyridine rings is 1. The molecule has 0 atom stereocenters. The first-order valence-corrected chi connectivity index (χ1v) is 9.90. The Morgan fingerprint density at radius 2 is 1.69 bits per heavy atom. The number of nitro groups is 1. The zero-order valence-corrected chi connectivity index (χ0v) is 17.0. The number of hydrogen-bond acceptors (Lipinski definition) is 5. The molecule has 1 N–H and O–H groups in total. The number of aromatic amines is 1. The third kappa shape index (κ3) is 3.16. The third-order valence-electron chi connectivity index (χ3n) is 5.49. The molecule has 0 amide bonds. The average Bonchev–Trinajstić information content (AvgIpc) is 3.22. The van der Waals surface area contributed by atoms with Gasteiger partial charge in [0.1, 0.15) is 5.75 Å². The van der Waals surface area contributed by atoms with Crippen LogP contribution in [0.25, 0.3) is 33.1 Å². The van der Waals surface area contributed by atoms with Gasteiger partial charge < -0.3 is 9.72 Å². The SMILES string of the molecule is COc1ccc(-c2ncc3c([nH]c4ccccc43)c2C(=O)c2ccc([N+](=O)[O-])cc2)cc1. The van der Waals surface area contributed by atoms with Crippen molar-refractivity contribution in [2.45, 2.75) is 0 Å². The Bertz CT molecular complexity index is 1490. The van der Waals surface area contributed by atoms with E-state index in [2.05, 4.69) is 9.97 Å². The van der Waals surface area contributed by atoms with Gasteiger partial charge in [0.2, 0.25) is 0 Å². The Labute approximate surface area is 182 Å². The molecule has 0 saturated heterocycles. The summed E-state index contributed by atoms with van der Waals surface area (Å²) in [6, 6.07) is 20.7. The first kappa shape index (κ1) is 19.4. The molecule has 32 heavy (non-hydrogen) atoms. The average molecular weight is 423 g/mol. The highest BCUT2D eigenvalue weighted by Crippen LogP contribution is 2.34. The van der Waals surface area contributed by atoms with Crippen molar-refractivity contribution in [1.82, 2.24) is 9.97 Å². The fourth-order valence-corrected chi connectivity index (χ4v) is 3.87. The first-order chi connectivity index (χ1) is 15.6. The molecule has 0 unspecified atom stereocenters. The molecule has 0 saturated carbocycles. The summed E-state index contributed by atoms with van der Waals surface area (Å²) in [7, 11) is 1.59. The van der Waals surface area contributed by atoms with Crippen LogP contribution >= 0.6 is 0 Å². The van der Waals surface area contributed by atoms with Crippen molar-refractivity contribution in [3.8, 4) is 17.0 Å². The number of ketones is 1. The molecular weight excluding hydrogens is 406 g/mol. The molecule has 0 aliphatic rings. The Kier molecular flexibility index (Phi) is 4.63. The Hall–Kier alpha value is -4.52. The minimum absolute atomic E-state index is 0.0705. The van der Waals surface area contributed by atoms with Crippen molar-refractivity contribution >= 4 is 33.3 Å². The van der Waals surface area contributed by atoms with E-state index in [1.165, 1.54) is 24.3 Å². The normalized spacial score (nSPS) is 11.0. The number of carbonyl (C=O) groups excluding carboxylic acids is 1. The van der Waals surface area contributed by atoms with Gasteiger partial charge in [0.25, 0.3) is 5.69 Å². The molecule has 156 valence electrons. The van der Waals surface area contributed by atoms with E-state index < -0.39 is 4.92 Å². The molecule has 7 nitrogen and oxygen atoms in total. The van der Waals surface area contributed by atoms with Crippen LogP contribution in [0, 0.1) is 10.1 Å². The van der Waals surface area contributed by atoms with Crippen LogP contribution in [0.2, 0.25) is 0 Å². The molecule has 0 aliphatic heterocycles. The van der Waals surface area contributed by atoms with E-state index in [0.29, 0.717) is 28.1 Å². The molecule has 3 aromatic carbocycles. The number of benzene rings is 3. The molecule has 0 bridgehead atoms. The number of hydrogen-bond donors (Lipinski definition) is 1. The standard InChI is InChI=1S/C25H17N3O4/c1-32-18-12-8-15(9-13-18)23-22(25(29)16-6-10-17(11-7-16)28(30)31)24-20(14-26-23)19-4-2-3-5-21(19)27-24/h2-14,27H,1H3. The van der Waals surface area contributed by atoms with Gasteiger partial charge in [0.05, 0.1) is 28.8 Å². The van der Waals surface area contributed by atoms with Crippen molar-refractivity contribution in [3.63, 3.8) is 0 Å². The van der Waals surface area contributed by atoms with E-state index >= 15 is 0 Å². The number of aromatic nitrogens is 2. The number of nitrogens with zero attached hydrogens (tertiary/aromatic N) is 2. The molecule has 7 heteroatoms. The molecule has 5 aromatic rings. The number of nitrogens with one attached hydrogen (secondary N) is 1.